The molecule has 6 heteroatoms. The summed E-state index contributed by atoms with van der Waals surface area (Å²) in [6.07, 6.45) is 0.835. The van der Waals surface area contributed by atoms with Crippen molar-refractivity contribution in [2.24, 2.45) is 5.10 Å². The molecule has 22 heavy (non-hydrogen) atoms. The van der Waals surface area contributed by atoms with E-state index in [9.17, 15) is 4.79 Å². The lowest BCUT2D eigenvalue weighted by Crippen LogP contribution is -2.18. The van der Waals surface area contributed by atoms with E-state index in [1.807, 2.05) is 31.2 Å². The number of hydrazone groups is 1. The molecule has 0 aliphatic carbocycles. The van der Waals surface area contributed by atoms with Crippen molar-refractivity contribution in [1.82, 2.24) is 10.4 Å². The van der Waals surface area contributed by atoms with Crippen molar-refractivity contribution in [1.29, 1.82) is 0 Å². The van der Waals surface area contributed by atoms with E-state index >= 15 is 0 Å². The molecule has 1 aromatic heterocycles. The van der Waals surface area contributed by atoms with Gasteiger partial charge in [-0.05, 0) is 36.8 Å². The summed E-state index contributed by atoms with van der Waals surface area (Å²) in [6.45, 7) is 2.04. The van der Waals surface area contributed by atoms with Crippen LogP contribution in [-0.2, 0) is 11.3 Å². The Morgan fingerprint density at radius 2 is 2.05 bits per heavy atom. The highest BCUT2D eigenvalue weighted by Crippen LogP contribution is 2.11. The number of hydrogen-bond acceptors (Lipinski definition) is 5. The number of rotatable bonds is 5. The highest BCUT2D eigenvalue weighted by molar-refractivity contribution is 5.78. The van der Waals surface area contributed by atoms with Gasteiger partial charge < -0.3 is 9.47 Å². The summed E-state index contributed by atoms with van der Waals surface area (Å²) >= 11 is 0. The molecule has 0 spiro atoms. The minimum atomic E-state index is -0.625. The van der Waals surface area contributed by atoms with Gasteiger partial charge in [-0.25, -0.2) is 10.2 Å². The summed E-state index contributed by atoms with van der Waals surface area (Å²) in [5, 5.41) is 3.79. The van der Waals surface area contributed by atoms with Gasteiger partial charge in [0.15, 0.2) is 0 Å². The van der Waals surface area contributed by atoms with Crippen molar-refractivity contribution in [3.8, 4) is 5.75 Å². The third kappa shape index (κ3) is 4.90. The number of nitrogens with zero attached hydrogens (tertiary/aromatic N) is 2. The average Bonchev–Trinajstić information content (AvgIpc) is 2.53. The molecule has 0 aliphatic rings. The van der Waals surface area contributed by atoms with Crippen molar-refractivity contribution in [3.63, 3.8) is 0 Å². The maximum Gasteiger partial charge on any atom is 0.428 e. The van der Waals surface area contributed by atoms with Crippen LogP contribution < -0.4 is 10.2 Å². The molecule has 0 saturated carbocycles. The second kappa shape index (κ2) is 7.78. The van der Waals surface area contributed by atoms with Crippen LogP contribution in [0.15, 0.2) is 47.6 Å². The lowest BCUT2D eigenvalue weighted by atomic mass is 10.2. The van der Waals surface area contributed by atoms with Gasteiger partial charge >= 0.3 is 6.09 Å². The number of nitrogens with one attached hydrogen (secondary N) is 1. The number of ether oxygens (including phenoxy) is 2. The van der Waals surface area contributed by atoms with Crippen LogP contribution in [0.1, 0.15) is 17.0 Å². The Morgan fingerprint density at radius 3 is 2.73 bits per heavy atom. The van der Waals surface area contributed by atoms with Crippen LogP contribution in [-0.4, -0.2) is 24.4 Å². The van der Waals surface area contributed by atoms with Gasteiger partial charge in [-0.1, -0.05) is 18.2 Å². The fourth-order valence-corrected chi connectivity index (χ4v) is 1.69. The molecule has 1 N–H and O–H groups in total. The Balaban J connectivity index is 1.77. The fourth-order valence-electron chi connectivity index (χ4n) is 1.69. The molecule has 0 atom stereocenters. The minimum absolute atomic E-state index is 0.161. The van der Waals surface area contributed by atoms with Gasteiger partial charge in [0, 0.05) is 5.69 Å². The molecule has 0 saturated heterocycles. The SMILES string of the molecule is COc1ccc(COC(=O)N/N=C/c2cccc(C)n2)cc1. The van der Waals surface area contributed by atoms with Gasteiger partial charge in [0.1, 0.15) is 12.4 Å². The number of aromatic nitrogens is 1. The predicted octanol–water partition coefficient (Wildman–Crippen LogP) is 2.66. The van der Waals surface area contributed by atoms with E-state index in [1.54, 1.807) is 25.3 Å². The zero-order valence-electron chi connectivity index (χ0n) is 12.4. The summed E-state index contributed by atoms with van der Waals surface area (Å²) in [4.78, 5) is 15.7. The summed E-state index contributed by atoms with van der Waals surface area (Å²) in [5.41, 5.74) is 4.69. The van der Waals surface area contributed by atoms with Gasteiger partial charge in [0.2, 0.25) is 0 Å². The molecule has 2 aromatic rings. The fraction of sp³-hybridized carbons (Fsp3) is 0.188. The third-order valence-corrected chi connectivity index (χ3v) is 2.79. The zero-order valence-corrected chi connectivity index (χ0v) is 12.4. The molecule has 0 aliphatic heterocycles. The first-order valence-electron chi connectivity index (χ1n) is 6.70. The van der Waals surface area contributed by atoms with Crippen LogP contribution in [0.3, 0.4) is 0 Å². The largest absolute Gasteiger partial charge is 0.497 e. The first kappa shape index (κ1) is 15.5. The van der Waals surface area contributed by atoms with Crippen LogP contribution in [0.5, 0.6) is 5.75 Å². The van der Waals surface area contributed by atoms with E-state index in [1.165, 1.54) is 6.21 Å². The topological polar surface area (TPSA) is 72.8 Å². The maximum atomic E-state index is 11.5. The van der Waals surface area contributed by atoms with Crippen molar-refractivity contribution < 1.29 is 14.3 Å². The average molecular weight is 299 g/mol. The van der Waals surface area contributed by atoms with Gasteiger partial charge in [0.05, 0.1) is 19.0 Å². The van der Waals surface area contributed by atoms with E-state index in [-0.39, 0.29) is 6.61 Å². The lowest BCUT2D eigenvalue weighted by molar-refractivity contribution is 0.140. The highest BCUT2D eigenvalue weighted by atomic mass is 16.6. The number of hydrogen-bond donors (Lipinski definition) is 1. The van der Waals surface area contributed by atoms with E-state index in [0.717, 1.165) is 17.0 Å². The predicted molar refractivity (Wildman–Crippen MR) is 82.9 cm³/mol. The summed E-state index contributed by atoms with van der Waals surface area (Å²) in [7, 11) is 1.60. The minimum Gasteiger partial charge on any atom is -0.497 e. The van der Waals surface area contributed by atoms with Gasteiger partial charge in [-0.15, -0.1) is 0 Å². The Hall–Kier alpha value is -2.89. The van der Waals surface area contributed by atoms with Crippen molar-refractivity contribution in [2.45, 2.75) is 13.5 Å². The zero-order chi connectivity index (χ0) is 15.8. The smallest absolute Gasteiger partial charge is 0.428 e. The first-order valence-corrected chi connectivity index (χ1v) is 6.70. The van der Waals surface area contributed by atoms with Crippen LogP contribution in [0, 0.1) is 6.92 Å². The molecule has 2 rings (SSSR count). The Labute approximate surface area is 128 Å². The van der Waals surface area contributed by atoms with E-state index in [4.69, 9.17) is 9.47 Å². The molecule has 1 heterocycles. The number of benzene rings is 1. The summed E-state index contributed by atoms with van der Waals surface area (Å²) < 4.78 is 10.1. The van der Waals surface area contributed by atoms with E-state index in [0.29, 0.717) is 5.69 Å². The van der Waals surface area contributed by atoms with Crippen LogP contribution >= 0.6 is 0 Å². The Kier molecular flexibility index (Phi) is 5.48. The van der Waals surface area contributed by atoms with Crippen LogP contribution in [0.25, 0.3) is 0 Å². The van der Waals surface area contributed by atoms with E-state index in [2.05, 4.69) is 15.5 Å². The molecule has 114 valence electrons. The van der Waals surface area contributed by atoms with Crippen molar-refractivity contribution >= 4 is 12.3 Å². The molecule has 0 fully saturated rings. The summed E-state index contributed by atoms with van der Waals surface area (Å²) in [5.74, 6) is 0.753. The molecule has 0 radical (unpaired) electrons. The monoisotopic (exact) mass is 299 g/mol. The van der Waals surface area contributed by atoms with Gasteiger partial charge in [-0.3, -0.25) is 4.98 Å². The first-order chi connectivity index (χ1) is 10.7. The highest BCUT2D eigenvalue weighted by Gasteiger charge is 2.01. The molecular formula is C16H17N3O3. The van der Waals surface area contributed by atoms with Crippen molar-refractivity contribution in [2.75, 3.05) is 7.11 Å². The lowest BCUT2D eigenvalue weighted by Gasteiger charge is -2.05. The molecule has 0 unspecified atom stereocenters. The third-order valence-electron chi connectivity index (χ3n) is 2.79. The Bertz CT molecular complexity index is 654. The molecular weight excluding hydrogens is 282 g/mol. The molecule has 0 bridgehead atoms. The van der Waals surface area contributed by atoms with Crippen molar-refractivity contribution in [3.05, 3.63) is 59.4 Å². The van der Waals surface area contributed by atoms with Gasteiger partial charge in [-0.2, -0.15) is 5.10 Å². The molecule has 1 aromatic carbocycles. The second-order valence-electron chi connectivity index (χ2n) is 4.50. The van der Waals surface area contributed by atoms with E-state index < -0.39 is 6.09 Å². The number of pyridine rings is 1. The second-order valence-corrected chi connectivity index (χ2v) is 4.50. The molecule has 1 amide bonds. The molecule has 6 nitrogen and oxygen atoms in total. The maximum absolute atomic E-state index is 11.5. The summed E-state index contributed by atoms with van der Waals surface area (Å²) in [6, 6.07) is 12.8. The number of carbonyl (C=O) groups is 1. The normalized spacial score (nSPS) is 10.5. The van der Waals surface area contributed by atoms with Crippen LogP contribution in [0.2, 0.25) is 0 Å². The number of amides is 1. The Morgan fingerprint density at radius 1 is 1.27 bits per heavy atom. The number of aryl methyl sites for hydroxylation is 1. The quantitative estimate of drug-likeness (QED) is 0.680. The standard InChI is InChI=1S/C16H17N3O3/c1-12-4-3-5-14(18-12)10-17-19-16(20)22-11-13-6-8-15(21-2)9-7-13/h3-10H,11H2,1-2H3,(H,19,20)/b17-10+. The van der Waals surface area contributed by atoms with Gasteiger partial charge in [0.25, 0.3) is 0 Å². The number of carbonyl (C=O) groups excluding carboxylic acids is 1. The number of methoxy groups -OCH3 is 1. The van der Waals surface area contributed by atoms with Crippen LogP contribution in [0.4, 0.5) is 4.79 Å².